The van der Waals surface area contributed by atoms with Crippen LogP contribution in [0.2, 0.25) is 0 Å². The van der Waals surface area contributed by atoms with Gasteiger partial charge in [0, 0.05) is 29.0 Å². The van der Waals surface area contributed by atoms with E-state index in [1.807, 2.05) is 60.7 Å². The van der Waals surface area contributed by atoms with Crippen molar-refractivity contribution in [1.82, 2.24) is 10.6 Å². The Balaban J connectivity index is 0.00000312. The van der Waals surface area contributed by atoms with Crippen molar-refractivity contribution >= 4 is 75.9 Å². The van der Waals surface area contributed by atoms with E-state index in [0.29, 0.717) is 23.4 Å². The molecule has 12 heteroatoms. The molecule has 5 aromatic rings. The predicted molar refractivity (Wildman–Crippen MR) is 202 cm³/mol. The number of amidine groups is 2. The van der Waals surface area contributed by atoms with Gasteiger partial charge >= 0.3 is 17.1 Å². The molecule has 5 aromatic carbocycles. The van der Waals surface area contributed by atoms with Crippen LogP contribution in [0.1, 0.15) is 11.1 Å². The molecule has 1 radical (unpaired) electrons. The number of nitrogen functional groups attached to an aromatic ring is 1. The minimum atomic E-state index is -2.19. The standard InChI is InChI=1S/C36H34N7PS2.BrH.Cu/c1-38-35(45)42-40-34(28-22-24-29(37)25-23-28)33(27-14-6-2-7-15-27)41-43-36(46)39-26-44(30-16-8-3-9-17-30,31-18-10-4-11-19-31)32-20-12-5-13-21-32;;/h2-25H,26H2,1H3,(H5-,37,38,39,40,41,42,43,45,46);1H;/q;;+2/p-2. The fourth-order valence-corrected chi connectivity index (χ4v) is 9.08. The molecule has 0 fully saturated rings. The maximum absolute atomic E-state index is 5.99. The van der Waals surface area contributed by atoms with E-state index >= 15 is 0 Å². The van der Waals surface area contributed by atoms with Crippen LogP contribution in [0, 0.1) is 0 Å². The van der Waals surface area contributed by atoms with Crippen molar-refractivity contribution in [1.29, 1.82) is 0 Å². The van der Waals surface area contributed by atoms with Gasteiger partial charge < -0.3 is 58.6 Å². The second-order valence-corrected chi connectivity index (χ2v) is 14.4. The SMILES string of the molecule is CNC([S-])=NN=C(C(=NN=C([S-])NC[P+](c1ccccc1)(c1ccccc1)c1ccccc1)c1ccccc1)c1ccc(N)cc1.[Br-].[Cu+2]. The number of rotatable bonds is 10. The first-order chi connectivity index (χ1) is 22.5. The first kappa shape index (κ1) is 38.5. The normalized spacial score (nSPS) is 12.4. The fourth-order valence-electron chi connectivity index (χ4n) is 4.95. The molecule has 0 aliphatic heterocycles. The third-order valence-electron chi connectivity index (χ3n) is 7.21. The molecule has 0 heterocycles. The van der Waals surface area contributed by atoms with E-state index in [9.17, 15) is 0 Å². The van der Waals surface area contributed by atoms with E-state index in [2.05, 4.69) is 104 Å². The molecule has 247 valence electrons. The fraction of sp³-hybridized carbons (Fsp3) is 0.0556. The summed E-state index contributed by atoms with van der Waals surface area (Å²) in [6.07, 6.45) is 0.550. The van der Waals surface area contributed by atoms with Crippen LogP contribution in [-0.4, -0.2) is 35.1 Å². The molecule has 5 rings (SSSR count). The van der Waals surface area contributed by atoms with Crippen LogP contribution in [0.5, 0.6) is 0 Å². The summed E-state index contributed by atoms with van der Waals surface area (Å²) in [6.45, 7) is 0. The van der Waals surface area contributed by atoms with Crippen molar-refractivity contribution in [2.24, 2.45) is 20.4 Å². The Morgan fingerprint density at radius 3 is 1.35 bits per heavy atom. The third-order valence-corrected chi connectivity index (χ3v) is 11.9. The smallest absolute Gasteiger partial charge is 1.00 e. The Labute approximate surface area is 314 Å². The second kappa shape index (κ2) is 19.1. The molecule has 0 aliphatic carbocycles. The maximum Gasteiger partial charge on any atom is 2.00 e. The van der Waals surface area contributed by atoms with Gasteiger partial charge in [-0.15, -0.1) is 10.2 Å². The molecule has 0 bridgehead atoms. The molecule has 0 saturated heterocycles. The van der Waals surface area contributed by atoms with Crippen LogP contribution >= 0.6 is 7.26 Å². The van der Waals surface area contributed by atoms with E-state index in [4.69, 9.17) is 31.0 Å². The topological polar surface area (TPSA) is 99.5 Å². The van der Waals surface area contributed by atoms with Crippen LogP contribution in [-0.2, 0) is 42.3 Å². The summed E-state index contributed by atoms with van der Waals surface area (Å²) in [5, 5.41) is 28.4. The summed E-state index contributed by atoms with van der Waals surface area (Å²) in [7, 11) is -0.495. The van der Waals surface area contributed by atoms with Gasteiger partial charge in [0.15, 0.2) is 0 Å². The molecule has 0 aromatic heterocycles. The first-order valence-electron chi connectivity index (χ1n) is 14.5. The Hall–Kier alpha value is -3.95. The van der Waals surface area contributed by atoms with Crippen molar-refractivity contribution in [3.05, 3.63) is 157 Å². The Kier molecular flexibility index (Phi) is 15.4. The molecule has 0 aliphatic rings. The quantitative estimate of drug-likeness (QED) is 0.0382. The zero-order valence-electron chi connectivity index (χ0n) is 25.9. The molecule has 0 spiro atoms. The molecule has 48 heavy (non-hydrogen) atoms. The molecule has 0 amide bonds. The van der Waals surface area contributed by atoms with Gasteiger partial charge in [-0.25, -0.2) is 0 Å². The van der Waals surface area contributed by atoms with Crippen LogP contribution in [0.3, 0.4) is 0 Å². The van der Waals surface area contributed by atoms with Crippen LogP contribution in [0.15, 0.2) is 166 Å². The van der Waals surface area contributed by atoms with Crippen molar-refractivity contribution < 1.29 is 34.1 Å². The Bertz CT molecular complexity index is 1750. The number of benzene rings is 5. The number of nitrogens with zero attached hydrogens (tertiary/aromatic N) is 4. The van der Waals surface area contributed by atoms with Crippen molar-refractivity contribution in [3.8, 4) is 0 Å². The van der Waals surface area contributed by atoms with E-state index in [-0.39, 0.29) is 44.4 Å². The van der Waals surface area contributed by atoms with Gasteiger partial charge in [-0.3, -0.25) is 0 Å². The minimum Gasteiger partial charge on any atom is -1.00 e. The summed E-state index contributed by atoms with van der Waals surface area (Å²) in [5.74, 6) is 0. The number of hydrogen-bond donors (Lipinski definition) is 3. The van der Waals surface area contributed by atoms with Gasteiger partial charge in [0.2, 0.25) is 0 Å². The monoisotopic (exact) mass is 800 g/mol. The van der Waals surface area contributed by atoms with Gasteiger partial charge in [0.1, 0.15) is 40.9 Å². The average Bonchev–Trinajstić information content (AvgIpc) is 3.12. The average molecular weight is 802 g/mol. The largest absolute Gasteiger partial charge is 2.00 e. The number of anilines is 1. The minimum absolute atomic E-state index is 0. The summed E-state index contributed by atoms with van der Waals surface area (Å²) in [6, 6.07) is 48.7. The predicted octanol–water partition coefficient (Wildman–Crippen LogP) is 1.95. The zero-order valence-corrected chi connectivity index (χ0v) is 30.9. The van der Waals surface area contributed by atoms with Gasteiger partial charge in [-0.1, -0.05) is 97.1 Å². The second-order valence-electron chi connectivity index (χ2n) is 10.1. The molecule has 7 nitrogen and oxygen atoms in total. The van der Waals surface area contributed by atoms with E-state index in [0.717, 1.165) is 11.1 Å². The van der Waals surface area contributed by atoms with Crippen molar-refractivity contribution in [2.45, 2.75) is 0 Å². The van der Waals surface area contributed by atoms with Crippen LogP contribution < -0.4 is 49.3 Å². The zero-order chi connectivity index (χ0) is 32.2. The van der Waals surface area contributed by atoms with E-state index < -0.39 is 7.26 Å². The van der Waals surface area contributed by atoms with Crippen molar-refractivity contribution in [3.63, 3.8) is 0 Å². The molecule has 0 unspecified atom stereocenters. The first-order valence-corrected chi connectivity index (χ1v) is 17.3. The summed E-state index contributed by atoms with van der Waals surface area (Å²) in [5.41, 5.74) is 9.09. The van der Waals surface area contributed by atoms with Crippen LogP contribution in [0.4, 0.5) is 5.69 Å². The van der Waals surface area contributed by atoms with Gasteiger partial charge in [-0.2, -0.15) is 10.2 Å². The molecular weight excluding hydrogens is 769 g/mol. The molecule has 0 saturated carbocycles. The summed E-state index contributed by atoms with van der Waals surface area (Å²) >= 11 is 11.1. The maximum atomic E-state index is 5.99. The number of halogens is 1. The van der Waals surface area contributed by atoms with Crippen molar-refractivity contribution in [2.75, 3.05) is 19.1 Å². The number of nitrogens with two attached hydrogens (primary N) is 1. The Morgan fingerprint density at radius 2 is 0.938 bits per heavy atom. The summed E-state index contributed by atoms with van der Waals surface area (Å²) in [4.78, 5) is 0. The number of nitrogens with one attached hydrogen (secondary N) is 2. The molecular formula is C36H33BrCuN7PS2. The van der Waals surface area contributed by atoms with E-state index in [1.165, 1.54) is 15.9 Å². The van der Waals surface area contributed by atoms with Gasteiger partial charge in [-0.05, 0) is 53.7 Å². The van der Waals surface area contributed by atoms with Gasteiger partial charge in [0.25, 0.3) is 0 Å². The molecule has 4 N–H and O–H groups in total. The molecule has 0 atom stereocenters. The van der Waals surface area contributed by atoms with Crippen LogP contribution in [0.25, 0.3) is 0 Å². The third kappa shape index (κ3) is 9.57. The summed E-state index contributed by atoms with van der Waals surface area (Å²) < 4.78 is 0. The van der Waals surface area contributed by atoms with E-state index in [1.54, 1.807) is 19.2 Å². The number of hydrogen-bond acceptors (Lipinski definition) is 7. The Morgan fingerprint density at radius 1 is 0.562 bits per heavy atom. The van der Waals surface area contributed by atoms with Gasteiger partial charge in [0.05, 0.1) is 0 Å².